The Morgan fingerprint density at radius 2 is 1.67 bits per heavy atom. The van der Waals surface area contributed by atoms with E-state index in [4.69, 9.17) is 23.2 Å². The number of hydrogen-bond acceptors (Lipinski definition) is 1. The second-order valence-corrected chi connectivity index (χ2v) is 5.85. The second kappa shape index (κ2) is 4.88. The van der Waals surface area contributed by atoms with Gasteiger partial charge in [-0.25, -0.2) is 0 Å². The quantitative estimate of drug-likeness (QED) is 0.611. The lowest BCUT2D eigenvalue weighted by atomic mass is 10.2. The average molecular weight is 295 g/mol. The van der Waals surface area contributed by atoms with Gasteiger partial charge in [0.1, 0.15) is 4.70 Å². The van der Waals surface area contributed by atoms with Crippen LogP contribution in [0.3, 0.4) is 0 Å². The SMILES string of the molecule is Clc1ccc(C[n+]2csc3cc(Cl)ccc32)cc1. The highest BCUT2D eigenvalue weighted by molar-refractivity contribution is 7.16. The van der Waals surface area contributed by atoms with E-state index in [1.165, 1.54) is 15.8 Å². The predicted molar refractivity (Wildman–Crippen MR) is 77.6 cm³/mol. The zero-order chi connectivity index (χ0) is 12.5. The van der Waals surface area contributed by atoms with Gasteiger partial charge >= 0.3 is 0 Å². The van der Waals surface area contributed by atoms with Crippen molar-refractivity contribution < 1.29 is 4.57 Å². The molecule has 3 aromatic rings. The lowest BCUT2D eigenvalue weighted by Crippen LogP contribution is -2.31. The summed E-state index contributed by atoms with van der Waals surface area (Å²) in [4.78, 5) is 0. The summed E-state index contributed by atoms with van der Waals surface area (Å²) in [6.07, 6.45) is 0. The van der Waals surface area contributed by atoms with E-state index in [2.05, 4.69) is 28.3 Å². The van der Waals surface area contributed by atoms with Gasteiger partial charge in [-0.3, -0.25) is 0 Å². The van der Waals surface area contributed by atoms with Crippen molar-refractivity contribution in [3.63, 3.8) is 0 Å². The molecule has 0 saturated carbocycles. The van der Waals surface area contributed by atoms with Crippen LogP contribution in [0.1, 0.15) is 5.56 Å². The summed E-state index contributed by atoms with van der Waals surface area (Å²) in [7, 11) is 0. The van der Waals surface area contributed by atoms with Crippen molar-refractivity contribution in [1.29, 1.82) is 0 Å². The van der Waals surface area contributed by atoms with Crippen LogP contribution in [-0.4, -0.2) is 0 Å². The number of aromatic nitrogens is 1. The molecule has 1 aromatic heterocycles. The zero-order valence-electron chi connectivity index (χ0n) is 9.44. The van der Waals surface area contributed by atoms with Crippen molar-refractivity contribution in [2.45, 2.75) is 6.54 Å². The topological polar surface area (TPSA) is 3.88 Å². The monoisotopic (exact) mass is 294 g/mol. The number of fused-ring (bicyclic) bond motifs is 1. The molecule has 90 valence electrons. The maximum atomic E-state index is 5.99. The normalized spacial score (nSPS) is 11.0. The Bertz CT molecular complexity index is 689. The molecule has 1 heterocycles. The summed E-state index contributed by atoms with van der Waals surface area (Å²) in [6.45, 7) is 0.846. The minimum Gasteiger partial charge on any atom is -0.184 e. The van der Waals surface area contributed by atoms with E-state index in [1.807, 2.05) is 24.3 Å². The number of benzene rings is 2. The first-order valence-electron chi connectivity index (χ1n) is 5.53. The van der Waals surface area contributed by atoms with Crippen LogP contribution in [0.2, 0.25) is 10.0 Å². The van der Waals surface area contributed by atoms with E-state index in [0.29, 0.717) is 0 Å². The molecule has 0 unspecified atom stereocenters. The highest BCUT2D eigenvalue weighted by atomic mass is 35.5. The molecule has 0 radical (unpaired) electrons. The first kappa shape index (κ1) is 12.0. The van der Waals surface area contributed by atoms with Crippen molar-refractivity contribution in [3.05, 3.63) is 63.6 Å². The molecule has 1 nitrogen and oxygen atoms in total. The molecule has 0 fully saturated rings. The fraction of sp³-hybridized carbons (Fsp3) is 0.0714. The van der Waals surface area contributed by atoms with Gasteiger partial charge in [-0.15, -0.1) is 0 Å². The Balaban J connectivity index is 1.97. The number of nitrogens with zero attached hydrogens (tertiary/aromatic N) is 1. The highest BCUT2D eigenvalue weighted by Gasteiger charge is 2.12. The van der Waals surface area contributed by atoms with E-state index in [0.717, 1.165) is 16.6 Å². The van der Waals surface area contributed by atoms with Crippen LogP contribution < -0.4 is 4.57 Å². The minimum atomic E-state index is 0.769. The molecule has 0 N–H and O–H groups in total. The number of halogens is 2. The van der Waals surface area contributed by atoms with Gasteiger partial charge in [-0.05, 0) is 24.3 Å². The van der Waals surface area contributed by atoms with Crippen LogP contribution in [0.15, 0.2) is 48.0 Å². The van der Waals surface area contributed by atoms with Gasteiger partial charge in [0, 0.05) is 21.7 Å². The van der Waals surface area contributed by atoms with Crippen molar-refractivity contribution in [2.24, 2.45) is 0 Å². The Hall–Kier alpha value is -1.09. The Kier molecular flexibility index (Phi) is 3.25. The van der Waals surface area contributed by atoms with Crippen molar-refractivity contribution >= 4 is 44.8 Å². The van der Waals surface area contributed by atoms with Gasteiger partial charge in [-0.1, -0.05) is 46.7 Å². The van der Waals surface area contributed by atoms with Gasteiger partial charge in [0.05, 0.1) is 0 Å². The number of thiazole rings is 1. The van der Waals surface area contributed by atoms with Crippen molar-refractivity contribution in [3.8, 4) is 0 Å². The smallest absolute Gasteiger partial charge is 0.184 e. The molecule has 2 aromatic carbocycles. The third-order valence-electron chi connectivity index (χ3n) is 2.80. The van der Waals surface area contributed by atoms with Crippen LogP contribution in [0.5, 0.6) is 0 Å². The average Bonchev–Trinajstić information content (AvgIpc) is 2.74. The molecule has 3 rings (SSSR count). The number of rotatable bonds is 2. The molecule has 0 bridgehead atoms. The van der Waals surface area contributed by atoms with E-state index < -0.39 is 0 Å². The van der Waals surface area contributed by atoms with Gasteiger partial charge in [0.25, 0.3) is 0 Å². The minimum absolute atomic E-state index is 0.769. The number of hydrogen-bond donors (Lipinski definition) is 0. The lowest BCUT2D eigenvalue weighted by Gasteiger charge is -1.97. The van der Waals surface area contributed by atoms with Gasteiger partial charge in [0.2, 0.25) is 11.0 Å². The van der Waals surface area contributed by atoms with Crippen LogP contribution in [0, 0.1) is 0 Å². The molecule has 0 aliphatic heterocycles. The standard InChI is InChI=1S/C14H10Cl2NS/c15-11-3-1-10(2-4-11)8-17-9-18-14-7-12(16)5-6-13(14)17/h1-7,9H,8H2/q+1. The summed E-state index contributed by atoms with van der Waals surface area (Å²) in [5.74, 6) is 0. The fourth-order valence-electron chi connectivity index (χ4n) is 1.91. The van der Waals surface area contributed by atoms with E-state index in [1.54, 1.807) is 11.3 Å². The third-order valence-corrected chi connectivity index (χ3v) is 4.23. The summed E-state index contributed by atoms with van der Waals surface area (Å²) in [6, 6.07) is 13.9. The largest absolute Gasteiger partial charge is 0.226 e. The van der Waals surface area contributed by atoms with Crippen molar-refractivity contribution in [2.75, 3.05) is 0 Å². The molecule has 0 aliphatic rings. The fourth-order valence-corrected chi connectivity index (χ4v) is 3.20. The van der Waals surface area contributed by atoms with Gasteiger partial charge in [0.15, 0.2) is 6.54 Å². The molecule has 0 aliphatic carbocycles. The summed E-state index contributed by atoms with van der Waals surface area (Å²) in [5.41, 5.74) is 4.56. The molecule has 0 amide bonds. The Morgan fingerprint density at radius 1 is 0.944 bits per heavy atom. The zero-order valence-corrected chi connectivity index (χ0v) is 11.8. The molecule has 0 atom stereocenters. The Morgan fingerprint density at radius 3 is 2.44 bits per heavy atom. The van der Waals surface area contributed by atoms with Gasteiger partial charge < -0.3 is 0 Å². The Labute approximate surface area is 119 Å². The van der Waals surface area contributed by atoms with E-state index in [-0.39, 0.29) is 0 Å². The summed E-state index contributed by atoms with van der Waals surface area (Å²) in [5, 5.41) is 1.55. The first-order chi connectivity index (χ1) is 8.72. The maximum absolute atomic E-state index is 5.99. The summed E-state index contributed by atoms with van der Waals surface area (Å²) >= 11 is 13.6. The molecular formula is C14H10Cl2NS+. The van der Waals surface area contributed by atoms with Crippen LogP contribution in [-0.2, 0) is 6.54 Å². The maximum Gasteiger partial charge on any atom is 0.226 e. The van der Waals surface area contributed by atoms with Crippen LogP contribution in [0.4, 0.5) is 0 Å². The van der Waals surface area contributed by atoms with E-state index >= 15 is 0 Å². The highest BCUT2D eigenvalue weighted by Crippen LogP contribution is 2.21. The molecular weight excluding hydrogens is 285 g/mol. The predicted octanol–water partition coefficient (Wildman–Crippen LogP) is 4.54. The molecule has 18 heavy (non-hydrogen) atoms. The summed E-state index contributed by atoms with van der Waals surface area (Å²) < 4.78 is 3.43. The lowest BCUT2D eigenvalue weighted by molar-refractivity contribution is -0.658. The van der Waals surface area contributed by atoms with Crippen molar-refractivity contribution in [1.82, 2.24) is 0 Å². The van der Waals surface area contributed by atoms with E-state index in [9.17, 15) is 0 Å². The van der Waals surface area contributed by atoms with Gasteiger partial charge in [-0.2, -0.15) is 4.57 Å². The third kappa shape index (κ3) is 2.37. The first-order valence-corrected chi connectivity index (χ1v) is 7.16. The second-order valence-electron chi connectivity index (χ2n) is 4.09. The molecule has 0 spiro atoms. The molecule has 0 saturated heterocycles. The van der Waals surface area contributed by atoms with Crippen LogP contribution >= 0.6 is 34.5 Å². The van der Waals surface area contributed by atoms with Crippen LogP contribution in [0.25, 0.3) is 10.2 Å². The molecule has 4 heteroatoms.